The number of ether oxygens (including phenoxy) is 2. The van der Waals surface area contributed by atoms with Crippen LogP contribution >= 0.6 is 0 Å². The number of rotatable bonds is 9. The maximum atomic E-state index is 5.76. The molecule has 8 heteroatoms. The van der Waals surface area contributed by atoms with Gasteiger partial charge in [-0.3, -0.25) is 4.99 Å². The van der Waals surface area contributed by atoms with Crippen molar-refractivity contribution in [1.29, 1.82) is 0 Å². The monoisotopic (exact) mass is 404 g/mol. The van der Waals surface area contributed by atoms with Crippen molar-refractivity contribution in [3.63, 3.8) is 0 Å². The molecular formula is C21H36N6O2. The number of piperazine rings is 1. The van der Waals surface area contributed by atoms with Gasteiger partial charge in [0.1, 0.15) is 5.82 Å². The second-order valence-electron chi connectivity index (χ2n) is 7.79. The lowest BCUT2D eigenvalue weighted by Gasteiger charge is -2.34. The molecule has 8 nitrogen and oxygen atoms in total. The van der Waals surface area contributed by atoms with Crippen LogP contribution in [0.5, 0.6) is 0 Å². The smallest absolute Gasteiger partial charge is 0.191 e. The molecule has 0 radical (unpaired) electrons. The Morgan fingerprint density at radius 2 is 2.17 bits per heavy atom. The number of nitrogens with zero attached hydrogens (tertiary/aromatic N) is 4. The molecule has 0 amide bonds. The molecule has 1 unspecified atom stereocenters. The number of likely N-dealkylation sites (N-methyl/N-ethyl adjacent to an activating group) is 1. The van der Waals surface area contributed by atoms with Gasteiger partial charge in [0, 0.05) is 77.2 Å². The average Bonchev–Trinajstić information content (AvgIpc) is 3.27. The molecule has 0 bridgehead atoms. The van der Waals surface area contributed by atoms with Gasteiger partial charge in [-0.25, -0.2) is 4.98 Å². The van der Waals surface area contributed by atoms with Gasteiger partial charge in [0.2, 0.25) is 0 Å². The van der Waals surface area contributed by atoms with Gasteiger partial charge in [-0.2, -0.15) is 0 Å². The highest BCUT2D eigenvalue weighted by Crippen LogP contribution is 2.18. The fraction of sp³-hybridized carbons (Fsp3) is 0.714. The summed E-state index contributed by atoms with van der Waals surface area (Å²) in [5, 5.41) is 6.78. The number of guanidine groups is 1. The van der Waals surface area contributed by atoms with E-state index in [9.17, 15) is 0 Å². The lowest BCUT2D eigenvalue weighted by atomic mass is 10.1. The maximum Gasteiger partial charge on any atom is 0.191 e. The molecule has 1 atom stereocenters. The Kier molecular flexibility index (Phi) is 8.98. The van der Waals surface area contributed by atoms with E-state index < -0.39 is 0 Å². The first-order valence-electron chi connectivity index (χ1n) is 10.7. The number of hydrogen-bond donors (Lipinski definition) is 2. The van der Waals surface area contributed by atoms with Crippen LogP contribution in [0.1, 0.15) is 18.4 Å². The molecule has 2 aliphatic rings. The van der Waals surface area contributed by atoms with Crippen molar-refractivity contribution < 1.29 is 9.47 Å². The zero-order valence-electron chi connectivity index (χ0n) is 17.9. The Morgan fingerprint density at radius 3 is 2.93 bits per heavy atom. The highest BCUT2D eigenvalue weighted by molar-refractivity contribution is 5.79. The van der Waals surface area contributed by atoms with Crippen LogP contribution in [0, 0.1) is 5.92 Å². The van der Waals surface area contributed by atoms with Crippen molar-refractivity contribution in [2.24, 2.45) is 10.9 Å². The standard InChI is InChI=1S/C21H36N6O2/c1-22-21(24-8-4-13-28-16-18-6-14-29-17-18)25-15-19-5-3-7-23-20(19)27-11-9-26(2)10-12-27/h3,5,7,18H,4,6,8-17H2,1-2H3,(H2,22,24,25). The van der Waals surface area contributed by atoms with Crippen molar-refractivity contribution in [3.8, 4) is 0 Å². The Morgan fingerprint density at radius 1 is 1.31 bits per heavy atom. The first-order valence-corrected chi connectivity index (χ1v) is 10.7. The molecule has 0 saturated carbocycles. The van der Waals surface area contributed by atoms with Crippen LogP contribution in [0.15, 0.2) is 23.3 Å². The van der Waals surface area contributed by atoms with E-state index in [2.05, 4.69) is 43.5 Å². The van der Waals surface area contributed by atoms with E-state index >= 15 is 0 Å². The average molecular weight is 405 g/mol. The number of aliphatic imine (C=N–C) groups is 1. The second kappa shape index (κ2) is 11.9. The summed E-state index contributed by atoms with van der Waals surface area (Å²) in [4.78, 5) is 13.7. The van der Waals surface area contributed by atoms with Crippen LogP contribution < -0.4 is 15.5 Å². The molecule has 0 aromatic carbocycles. The van der Waals surface area contributed by atoms with Crippen LogP contribution in [0.25, 0.3) is 0 Å². The molecule has 3 heterocycles. The normalized spacial score (nSPS) is 20.8. The molecule has 2 saturated heterocycles. The number of nitrogens with one attached hydrogen (secondary N) is 2. The largest absolute Gasteiger partial charge is 0.381 e. The molecule has 2 aliphatic heterocycles. The van der Waals surface area contributed by atoms with Gasteiger partial charge in [0.25, 0.3) is 0 Å². The Labute approximate surface area is 174 Å². The van der Waals surface area contributed by atoms with Crippen molar-refractivity contribution in [1.82, 2.24) is 20.5 Å². The van der Waals surface area contributed by atoms with E-state index in [-0.39, 0.29) is 0 Å². The van der Waals surface area contributed by atoms with Crippen molar-refractivity contribution in [3.05, 3.63) is 23.9 Å². The van der Waals surface area contributed by atoms with E-state index in [4.69, 9.17) is 9.47 Å². The van der Waals surface area contributed by atoms with Crippen molar-refractivity contribution in [2.75, 3.05) is 78.1 Å². The summed E-state index contributed by atoms with van der Waals surface area (Å²) in [6.45, 7) is 9.00. The zero-order chi connectivity index (χ0) is 20.3. The van der Waals surface area contributed by atoms with Gasteiger partial charge >= 0.3 is 0 Å². The van der Waals surface area contributed by atoms with E-state index in [0.29, 0.717) is 12.5 Å². The molecule has 1 aromatic heterocycles. The van der Waals surface area contributed by atoms with E-state index in [1.807, 2.05) is 12.3 Å². The molecule has 2 fully saturated rings. The fourth-order valence-electron chi connectivity index (χ4n) is 3.62. The SMILES string of the molecule is CN=C(NCCCOCC1CCOC1)NCc1cccnc1N1CCN(C)CC1. The third-order valence-corrected chi connectivity index (χ3v) is 5.48. The van der Waals surface area contributed by atoms with Gasteiger partial charge in [-0.15, -0.1) is 0 Å². The molecule has 0 spiro atoms. The lowest BCUT2D eigenvalue weighted by molar-refractivity contribution is 0.0888. The third-order valence-electron chi connectivity index (χ3n) is 5.48. The highest BCUT2D eigenvalue weighted by Gasteiger charge is 2.18. The van der Waals surface area contributed by atoms with Gasteiger partial charge in [-0.1, -0.05) is 6.07 Å². The first-order chi connectivity index (χ1) is 14.3. The van der Waals surface area contributed by atoms with E-state index in [0.717, 1.165) is 83.8 Å². The van der Waals surface area contributed by atoms with E-state index in [1.165, 1.54) is 5.56 Å². The maximum absolute atomic E-state index is 5.76. The summed E-state index contributed by atoms with van der Waals surface area (Å²) < 4.78 is 11.1. The predicted molar refractivity (Wildman–Crippen MR) is 117 cm³/mol. The number of anilines is 1. The van der Waals surface area contributed by atoms with Gasteiger partial charge in [0.05, 0.1) is 13.2 Å². The van der Waals surface area contributed by atoms with Crippen LogP contribution in [-0.2, 0) is 16.0 Å². The number of hydrogen-bond acceptors (Lipinski definition) is 6. The topological polar surface area (TPSA) is 74.2 Å². The fourth-order valence-corrected chi connectivity index (χ4v) is 3.62. The van der Waals surface area contributed by atoms with Gasteiger partial charge in [0.15, 0.2) is 5.96 Å². The molecule has 1 aromatic rings. The Balaban J connectivity index is 1.37. The van der Waals surface area contributed by atoms with Crippen LogP contribution in [0.4, 0.5) is 5.82 Å². The van der Waals surface area contributed by atoms with Gasteiger partial charge in [-0.05, 0) is 26.0 Å². The molecule has 162 valence electrons. The van der Waals surface area contributed by atoms with Crippen LogP contribution in [-0.4, -0.2) is 89.1 Å². The molecule has 2 N–H and O–H groups in total. The minimum Gasteiger partial charge on any atom is -0.381 e. The van der Waals surface area contributed by atoms with E-state index in [1.54, 1.807) is 7.05 Å². The van der Waals surface area contributed by atoms with Gasteiger partial charge < -0.3 is 29.9 Å². The quantitative estimate of drug-likeness (QED) is 0.360. The minimum atomic E-state index is 0.575. The summed E-state index contributed by atoms with van der Waals surface area (Å²) in [6.07, 6.45) is 3.95. The predicted octanol–water partition coefficient (Wildman–Crippen LogP) is 0.942. The second-order valence-corrected chi connectivity index (χ2v) is 7.79. The zero-order valence-corrected chi connectivity index (χ0v) is 17.9. The molecule has 3 rings (SSSR count). The lowest BCUT2D eigenvalue weighted by Crippen LogP contribution is -2.45. The molecule has 29 heavy (non-hydrogen) atoms. The Hall–Kier alpha value is -1.90. The van der Waals surface area contributed by atoms with Crippen molar-refractivity contribution >= 4 is 11.8 Å². The van der Waals surface area contributed by atoms with Crippen molar-refractivity contribution in [2.45, 2.75) is 19.4 Å². The first kappa shape index (κ1) is 21.8. The molecule has 0 aliphatic carbocycles. The molecular weight excluding hydrogens is 368 g/mol. The Bertz CT molecular complexity index is 627. The number of pyridine rings is 1. The van der Waals surface area contributed by atoms with Crippen LogP contribution in [0.2, 0.25) is 0 Å². The van der Waals surface area contributed by atoms with Crippen LogP contribution in [0.3, 0.4) is 0 Å². The summed E-state index contributed by atoms with van der Waals surface area (Å²) in [7, 11) is 3.97. The summed E-state index contributed by atoms with van der Waals surface area (Å²) in [5.74, 6) is 2.46. The number of aromatic nitrogens is 1. The summed E-state index contributed by atoms with van der Waals surface area (Å²) in [6, 6.07) is 4.14. The summed E-state index contributed by atoms with van der Waals surface area (Å²) >= 11 is 0. The minimum absolute atomic E-state index is 0.575. The highest BCUT2D eigenvalue weighted by atomic mass is 16.5. The summed E-state index contributed by atoms with van der Waals surface area (Å²) in [5.41, 5.74) is 1.20. The third kappa shape index (κ3) is 7.13.